The topological polar surface area (TPSA) is 225 Å². The second-order valence-electron chi connectivity index (χ2n) is 18.9. The van der Waals surface area contributed by atoms with Crippen molar-refractivity contribution in [1.29, 1.82) is 0 Å². The number of ketones is 1. The summed E-state index contributed by atoms with van der Waals surface area (Å²) in [4.78, 5) is 74.5. The molecule has 21 heteroatoms. The molecule has 2 fully saturated rings. The van der Waals surface area contributed by atoms with Gasteiger partial charge in [-0.1, -0.05) is 54.9 Å². The molecule has 1 aliphatic carbocycles. The summed E-state index contributed by atoms with van der Waals surface area (Å²) in [6.45, 7) is 14.7. The Morgan fingerprint density at radius 3 is 2.08 bits per heavy atom. The molecule has 5 aromatic rings. The van der Waals surface area contributed by atoms with Crippen LogP contribution >= 0.6 is 11.8 Å². The number of piperazine rings is 1. The number of amides is 2. The molecule has 5 heterocycles. The molecule has 2 aromatic carbocycles. The molecule has 0 radical (unpaired) electrons. The number of ether oxygens (including phenoxy) is 5. The molecule has 2 aliphatic heterocycles. The largest absolute Gasteiger partial charge is 0.383 e. The molecular weight excluding hydrogens is 991 g/mol. The third-order valence-corrected chi connectivity index (χ3v) is 14.7. The summed E-state index contributed by atoms with van der Waals surface area (Å²) in [6.07, 6.45) is 7.30. The number of aromatic nitrogens is 4. The van der Waals surface area contributed by atoms with Crippen LogP contribution in [0.2, 0.25) is 0 Å². The minimum Gasteiger partial charge on any atom is -0.383 e. The van der Waals surface area contributed by atoms with E-state index in [4.69, 9.17) is 28.7 Å². The minimum atomic E-state index is -0.284. The number of nitrogens with zero attached hydrogens (tertiary/aromatic N) is 7. The third-order valence-electron chi connectivity index (χ3n) is 13.5. The summed E-state index contributed by atoms with van der Waals surface area (Å²) in [5, 5.41) is 14.0. The van der Waals surface area contributed by atoms with Gasteiger partial charge in [0.15, 0.2) is 11.0 Å². The fourth-order valence-electron chi connectivity index (χ4n) is 9.48. The van der Waals surface area contributed by atoms with Crippen LogP contribution in [0.3, 0.4) is 0 Å². The number of fused-ring (bicyclic) bond motifs is 1. The predicted molar refractivity (Wildman–Crippen MR) is 296 cm³/mol. The van der Waals surface area contributed by atoms with Gasteiger partial charge in [0.25, 0.3) is 11.5 Å². The van der Waals surface area contributed by atoms with Crippen LogP contribution in [-0.4, -0.2) is 166 Å². The van der Waals surface area contributed by atoms with Crippen molar-refractivity contribution >= 4 is 68.7 Å². The Kier molecular flexibility index (Phi) is 21.1. The normalized spacial score (nSPS) is 16.0. The van der Waals surface area contributed by atoms with Crippen LogP contribution in [0.15, 0.2) is 82.8 Å². The number of carbonyl (C=O) groups excluding carboxylic acids is 3. The van der Waals surface area contributed by atoms with Gasteiger partial charge in [-0.05, 0) is 80.6 Å². The summed E-state index contributed by atoms with van der Waals surface area (Å²) < 4.78 is 29.8. The second kappa shape index (κ2) is 28.7. The first kappa shape index (κ1) is 55.9. The van der Waals surface area contributed by atoms with Crippen molar-refractivity contribution in [2.45, 2.75) is 57.7 Å². The van der Waals surface area contributed by atoms with Gasteiger partial charge in [-0.15, -0.1) is 0 Å². The fourth-order valence-corrected chi connectivity index (χ4v) is 10.5. The average molecular weight is 1060 g/mol. The highest BCUT2D eigenvalue weighted by molar-refractivity contribution is 8.14. The van der Waals surface area contributed by atoms with Gasteiger partial charge in [0, 0.05) is 68.1 Å². The number of amidine groups is 1. The van der Waals surface area contributed by atoms with E-state index in [1.165, 1.54) is 12.5 Å². The molecule has 2 amide bonds. The lowest BCUT2D eigenvalue weighted by molar-refractivity contribution is -0.122. The maximum atomic E-state index is 13.6. The molecule has 4 N–H and O–H groups in total. The SMILES string of the molecule is CC(=O)c1c(C)c2cnc(Nc3ccc(N4CCN(CC(=O)NCCOCCOCCOCCOCCOCCNc5ccc(C(=O)NC6=NCC(c7ccccc7)S6)c(C)c5)CC4)cn3)nc2n(C2CCCC2)c1=O. The number of thioether (sulfide) groups is 1. The Bertz CT molecular complexity index is 2810. The summed E-state index contributed by atoms with van der Waals surface area (Å²) >= 11 is 1.58. The quantitative estimate of drug-likeness (QED) is 0.0339. The van der Waals surface area contributed by atoms with E-state index in [9.17, 15) is 19.2 Å². The van der Waals surface area contributed by atoms with E-state index < -0.39 is 0 Å². The molecule has 1 atom stereocenters. The van der Waals surface area contributed by atoms with Crippen LogP contribution in [0.25, 0.3) is 11.0 Å². The van der Waals surface area contributed by atoms with Crippen molar-refractivity contribution < 1.29 is 38.1 Å². The van der Waals surface area contributed by atoms with E-state index in [1.807, 2.05) is 61.7 Å². The number of hydrogen-bond donors (Lipinski definition) is 4. The molecule has 1 saturated heterocycles. The van der Waals surface area contributed by atoms with Crippen LogP contribution in [-0.2, 0) is 28.5 Å². The highest BCUT2D eigenvalue weighted by Crippen LogP contribution is 2.35. The lowest BCUT2D eigenvalue weighted by Gasteiger charge is -2.35. The first-order valence-corrected chi connectivity index (χ1v) is 27.2. The summed E-state index contributed by atoms with van der Waals surface area (Å²) in [5.41, 5.74) is 5.65. The smallest absolute Gasteiger partial charge is 0.263 e. The molecule has 0 bridgehead atoms. The molecule has 3 aromatic heterocycles. The van der Waals surface area contributed by atoms with Crippen molar-refractivity contribution in [2.75, 3.05) is 134 Å². The van der Waals surface area contributed by atoms with Gasteiger partial charge in [-0.2, -0.15) is 4.98 Å². The van der Waals surface area contributed by atoms with Gasteiger partial charge in [0.1, 0.15) is 11.5 Å². The lowest BCUT2D eigenvalue weighted by atomic mass is 10.0. The van der Waals surface area contributed by atoms with Gasteiger partial charge in [-0.25, -0.2) is 9.97 Å². The Morgan fingerprint density at radius 2 is 1.43 bits per heavy atom. The summed E-state index contributed by atoms with van der Waals surface area (Å²) in [5.74, 6) is 0.446. The Balaban J connectivity index is 0.592. The molecule has 3 aliphatic rings. The molecule has 1 saturated carbocycles. The van der Waals surface area contributed by atoms with Crippen LogP contribution < -0.4 is 31.7 Å². The first-order chi connectivity index (χ1) is 37.1. The van der Waals surface area contributed by atoms with Crippen LogP contribution in [0.5, 0.6) is 0 Å². The zero-order valence-electron chi connectivity index (χ0n) is 43.9. The van der Waals surface area contributed by atoms with Crippen molar-refractivity contribution in [3.05, 3.63) is 111 Å². The van der Waals surface area contributed by atoms with Crippen LogP contribution in [0.4, 0.5) is 23.1 Å². The number of carbonyl (C=O) groups is 3. The first-order valence-electron chi connectivity index (χ1n) is 26.3. The third kappa shape index (κ3) is 15.9. The highest BCUT2D eigenvalue weighted by Gasteiger charge is 2.27. The standard InChI is InChI=1S/C55H71N11O9S/c1-38-33-42(13-15-45(38)52(69)63-55-60-36-47(76-55)41-9-5-4-6-10-41)56-17-23-71-25-27-73-29-31-75-32-30-74-28-26-72-24-18-57-49(68)37-64-19-21-65(22-20-64)44-14-16-48(58-34-44)61-54-59-35-46-39(2)50(40(3)67)53(70)66(51(46)62-54)43-11-7-8-12-43/h4-6,9-10,13-16,33-35,43,47,56H,7-8,11-12,17-32,36-37H2,1-3H3,(H,57,68)(H,60,63,69)(H,58,59,61,62). The van der Waals surface area contributed by atoms with Crippen molar-refractivity contribution in [1.82, 2.24) is 35.1 Å². The second-order valence-corrected chi connectivity index (χ2v) is 20.1. The molecule has 0 spiro atoms. The van der Waals surface area contributed by atoms with Gasteiger partial charge >= 0.3 is 0 Å². The number of nitrogens with one attached hydrogen (secondary N) is 4. The van der Waals surface area contributed by atoms with Crippen molar-refractivity contribution in [3.8, 4) is 0 Å². The Labute approximate surface area is 448 Å². The highest BCUT2D eigenvalue weighted by atomic mass is 32.2. The number of pyridine rings is 2. The molecule has 8 rings (SSSR count). The van der Waals surface area contributed by atoms with E-state index in [-0.39, 0.29) is 40.0 Å². The van der Waals surface area contributed by atoms with E-state index in [0.29, 0.717) is 131 Å². The van der Waals surface area contributed by atoms with E-state index in [2.05, 4.69) is 58.2 Å². The van der Waals surface area contributed by atoms with E-state index in [1.54, 1.807) is 29.4 Å². The fraction of sp³-hybridized carbons (Fsp3) is 0.491. The lowest BCUT2D eigenvalue weighted by Crippen LogP contribution is -2.49. The van der Waals surface area contributed by atoms with E-state index >= 15 is 0 Å². The maximum absolute atomic E-state index is 13.6. The van der Waals surface area contributed by atoms with Crippen molar-refractivity contribution in [3.63, 3.8) is 0 Å². The Morgan fingerprint density at radius 1 is 0.763 bits per heavy atom. The molecule has 76 heavy (non-hydrogen) atoms. The van der Waals surface area contributed by atoms with E-state index in [0.717, 1.165) is 68.8 Å². The van der Waals surface area contributed by atoms with Crippen LogP contribution in [0.1, 0.15) is 81.3 Å². The zero-order chi connectivity index (χ0) is 53.1. The summed E-state index contributed by atoms with van der Waals surface area (Å²) in [7, 11) is 0. The number of aliphatic imine (C=N–C) groups is 1. The van der Waals surface area contributed by atoms with Gasteiger partial charge < -0.3 is 49.9 Å². The molecular formula is C55H71N11O9S. The molecule has 1 unspecified atom stereocenters. The number of rotatable bonds is 28. The number of benzene rings is 2. The van der Waals surface area contributed by atoms with Gasteiger partial charge in [-0.3, -0.25) is 33.6 Å². The number of hydrogen-bond acceptors (Lipinski definition) is 18. The summed E-state index contributed by atoms with van der Waals surface area (Å²) in [6, 6.07) is 19.8. The number of Topliss-reactive ketones (excluding diaryl/α,β-unsaturated/α-hetero) is 1. The van der Waals surface area contributed by atoms with Crippen molar-refractivity contribution in [2.24, 2.45) is 4.99 Å². The molecule has 20 nitrogen and oxygen atoms in total. The van der Waals surface area contributed by atoms with Crippen LogP contribution in [0, 0.1) is 13.8 Å². The maximum Gasteiger partial charge on any atom is 0.263 e. The number of aryl methyl sites for hydroxylation is 2. The van der Waals surface area contributed by atoms with Gasteiger partial charge in [0.2, 0.25) is 11.9 Å². The van der Waals surface area contributed by atoms with Gasteiger partial charge in [0.05, 0.1) is 102 Å². The zero-order valence-corrected chi connectivity index (χ0v) is 44.7. The molecule has 406 valence electrons. The Hall–Kier alpha value is -6.33. The predicted octanol–water partition coefficient (Wildman–Crippen LogP) is 5.87. The minimum absolute atomic E-state index is 0.00124. The number of anilines is 4. The monoisotopic (exact) mass is 1060 g/mol. The average Bonchev–Trinajstić information content (AvgIpc) is 4.17.